The van der Waals surface area contributed by atoms with Crippen LogP contribution in [0.15, 0.2) is 30.7 Å². The van der Waals surface area contributed by atoms with E-state index in [2.05, 4.69) is 4.98 Å². The van der Waals surface area contributed by atoms with Crippen molar-refractivity contribution >= 4 is 21.7 Å². The molecule has 1 heterocycles. The van der Waals surface area contributed by atoms with Crippen LogP contribution in [0.5, 0.6) is 0 Å². The van der Waals surface area contributed by atoms with Gasteiger partial charge in [0.05, 0.1) is 23.3 Å². The van der Waals surface area contributed by atoms with Crippen LogP contribution in [0.4, 0.5) is 5.69 Å². The predicted molar refractivity (Wildman–Crippen MR) is 82.7 cm³/mol. The Kier molecular flexibility index (Phi) is 4.78. The highest BCUT2D eigenvalue weighted by Gasteiger charge is 2.24. The molecule has 0 amide bonds. The van der Waals surface area contributed by atoms with E-state index in [4.69, 9.17) is 0 Å². The molecule has 0 saturated heterocycles. The van der Waals surface area contributed by atoms with Crippen molar-refractivity contribution in [1.82, 2.24) is 13.3 Å². The SMILES string of the molecule is CN(C)S(=O)(=O)n1cnc(C(=O)c2cccc([N+](=O)[O-])c2CO)c1. The van der Waals surface area contributed by atoms with Crippen LogP contribution in [0, 0.1) is 10.1 Å². The first kappa shape index (κ1) is 17.7. The first-order valence-corrected chi connectivity index (χ1v) is 7.98. The molecule has 0 aliphatic carbocycles. The van der Waals surface area contributed by atoms with Gasteiger partial charge < -0.3 is 5.11 Å². The number of carbonyl (C=O) groups is 1. The number of hydrogen-bond donors (Lipinski definition) is 1. The Labute approximate surface area is 137 Å². The fraction of sp³-hybridized carbons (Fsp3) is 0.231. The van der Waals surface area contributed by atoms with E-state index in [-0.39, 0.29) is 16.8 Å². The van der Waals surface area contributed by atoms with Crippen LogP contribution in [0.25, 0.3) is 0 Å². The Balaban J connectivity index is 2.50. The van der Waals surface area contributed by atoms with Crippen LogP contribution in [0.2, 0.25) is 0 Å². The quantitative estimate of drug-likeness (QED) is 0.443. The standard InChI is InChI=1S/C13H14N4O6S/c1-15(2)24(22,23)16-6-11(14-8-16)13(19)9-4-3-5-12(17(20)21)10(9)7-18/h3-6,8,18H,7H2,1-2H3. The first-order valence-electron chi connectivity index (χ1n) is 6.59. The Bertz CT molecular complexity index is 903. The molecule has 1 N–H and O–H groups in total. The van der Waals surface area contributed by atoms with Gasteiger partial charge in [0.25, 0.3) is 5.69 Å². The zero-order valence-electron chi connectivity index (χ0n) is 12.8. The number of aliphatic hydroxyl groups excluding tert-OH is 1. The molecule has 0 bridgehead atoms. The zero-order valence-corrected chi connectivity index (χ0v) is 13.6. The van der Waals surface area contributed by atoms with Crippen LogP contribution in [0.1, 0.15) is 21.6 Å². The number of carbonyl (C=O) groups excluding carboxylic acids is 1. The van der Waals surface area contributed by atoms with Gasteiger partial charge in [-0.05, 0) is 0 Å². The van der Waals surface area contributed by atoms with Crippen molar-refractivity contribution in [3.05, 3.63) is 57.7 Å². The molecule has 0 radical (unpaired) electrons. The molecular formula is C13H14N4O6S. The zero-order chi connectivity index (χ0) is 18.1. The Morgan fingerprint density at radius 2 is 2.08 bits per heavy atom. The van der Waals surface area contributed by atoms with Gasteiger partial charge in [0, 0.05) is 25.7 Å². The number of ketones is 1. The normalized spacial score (nSPS) is 11.7. The van der Waals surface area contributed by atoms with E-state index >= 15 is 0 Å². The number of aliphatic hydroxyl groups is 1. The number of aromatic nitrogens is 2. The highest BCUT2D eigenvalue weighted by Crippen LogP contribution is 2.24. The second-order valence-electron chi connectivity index (χ2n) is 4.93. The van der Waals surface area contributed by atoms with Crippen LogP contribution in [-0.2, 0) is 16.8 Å². The lowest BCUT2D eigenvalue weighted by atomic mass is 10.0. The summed E-state index contributed by atoms with van der Waals surface area (Å²) in [5.74, 6) is -0.726. The lowest BCUT2D eigenvalue weighted by Gasteiger charge is -2.10. The monoisotopic (exact) mass is 354 g/mol. The van der Waals surface area contributed by atoms with Crippen molar-refractivity contribution in [2.45, 2.75) is 6.61 Å². The van der Waals surface area contributed by atoms with Gasteiger partial charge in [-0.3, -0.25) is 14.9 Å². The summed E-state index contributed by atoms with van der Waals surface area (Å²) in [6.07, 6.45) is 1.97. The number of nitro benzene ring substituents is 1. The van der Waals surface area contributed by atoms with Gasteiger partial charge in [-0.2, -0.15) is 12.7 Å². The predicted octanol–water partition coefficient (Wildman–Crippen LogP) is 0.169. The summed E-state index contributed by atoms with van der Waals surface area (Å²) in [5.41, 5.74) is -0.879. The summed E-state index contributed by atoms with van der Waals surface area (Å²) in [4.78, 5) is 26.5. The van der Waals surface area contributed by atoms with Crippen LogP contribution in [-0.4, -0.2) is 51.6 Å². The molecular weight excluding hydrogens is 340 g/mol. The number of nitrogens with zero attached hydrogens (tertiary/aromatic N) is 4. The molecule has 2 aromatic rings. The van der Waals surface area contributed by atoms with Crippen molar-refractivity contribution in [3.8, 4) is 0 Å². The number of rotatable bonds is 6. The van der Waals surface area contributed by atoms with Gasteiger partial charge in [0.2, 0.25) is 5.78 Å². The van der Waals surface area contributed by atoms with Gasteiger partial charge >= 0.3 is 10.2 Å². The molecule has 1 aromatic carbocycles. The Hall–Kier alpha value is -2.63. The van der Waals surface area contributed by atoms with E-state index in [1.807, 2.05) is 0 Å². The highest BCUT2D eigenvalue weighted by molar-refractivity contribution is 7.87. The summed E-state index contributed by atoms with van der Waals surface area (Å²) >= 11 is 0. The molecule has 0 unspecified atom stereocenters. The number of hydrogen-bond acceptors (Lipinski definition) is 7. The van der Waals surface area contributed by atoms with Crippen molar-refractivity contribution < 1.29 is 23.2 Å². The van der Waals surface area contributed by atoms with E-state index in [9.17, 15) is 28.4 Å². The molecule has 0 saturated carbocycles. The summed E-state index contributed by atoms with van der Waals surface area (Å²) in [6, 6.07) is 3.77. The van der Waals surface area contributed by atoms with Gasteiger partial charge in [-0.15, -0.1) is 0 Å². The lowest BCUT2D eigenvalue weighted by molar-refractivity contribution is -0.385. The Morgan fingerprint density at radius 3 is 2.62 bits per heavy atom. The second kappa shape index (κ2) is 6.47. The number of benzene rings is 1. The minimum Gasteiger partial charge on any atom is -0.391 e. The second-order valence-corrected chi connectivity index (χ2v) is 6.97. The maximum absolute atomic E-state index is 12.5. The van der Waals surface area contributed by atoms with E-state index in [0.29, 0.717) is 0 Å². The maximum Gasteiger partial charge on any atom is 0.308 e. The fourth-order valence-corrected chi connectivity index (χ4v) is 2.78. The molecule has 10 nitrogen and oxygen atoms in total. The molecule has 0 aliphatic heterocycles. The minimum atomic E-state index is -3.83. The van der Waals surface area contributed by atoms with E-state index < -0.39 is 33.2 Å². The van der Waals surface area contributed by atoms with Crippen LogP contribution >= 0.6 is 0 Å². The van der Waals surface area contributed by atoms with Crippen molar-refractivity contribution in [2.75, 3.05) is 14.1 Å². The molecule has 0 fully saturated rings. The molecule has 11 heteroatoms. The number of imidazole rings is 1. The maximum atomic E-state index is 12.5. The molecule has 24 heavy (non-hydrogen) atoms. The molecule has 0 aliphatic rings. The van der Waals surface area contributed by atoms with Gasteiger partial charge in [-0.25, -0.2) is 8.96 Å². The van der Waals surface area contributed by atoms with Gasteiger partial charge in [0.1, 0.15) is 12.0 Å². The largest absolute Gasteiger partial charge is 0.391 e. The summed E-state index contributed by atoms with van der Waals surface area (Å²) in [6.45, 7) is -0.713. The van der Waals surface area contributed by atoms with E-state index in [1.54, 1.807) is 0 Å². The first-order chi connectivity index (χ1) is 11.2. The average molecular weight is 354 g/mol. The molecule has 2 rings (SSSR count). The third-order valence-electron chi connectivity index (χ3n) is 3.27. The summed E-state index contributed by atoms with van der Waals surface area (Å²) in [5, 5.41) is 20.3. The van der Waals surface area contributed by atoms with Crippen molar-refractivity contribution in [2.24, 2.45) is 0 Å². The number of nitro groups is 1. The lowest BCUT2D eigenvalue weighted by Crippen LogP contribution is -2.27. The topological polar surface area (TPSA) is 136 Å². The molecule has 128 valence electrons. The van der Waals surface area contributed by atoms with Gasteiger partial charge in [0.15, 0.2) is 0 Å². The highest BCUT2D eigenvalue weighted by atomic mass is 32.2. The molecule has 1 aromatic heterocycles. The Morgan fingerprint density at radius 1 is 1.42 bits per heavy atom. The fourth-order valence-electron chi connectivity index (χ4n) is 2.00. The van der Waals surface area contributed by atoms with Crippen molar-refractivity contribution in [1.29, 1.82) is 0 Å². The van der Waals surface area contributed by atoms with Crippen LogP contribution in [0.3, 0.4) is 0 Å². The van der Waals surface area contributed by atoms with Gasteiger partial charge in [-0.1, -0.05) is 12.1 Å². The third kappa shape index (κ3) is 3.04. The van der Waals surface area contributed by atoms with E-state index in [1.165, 1.54) is 26.2 Å². The van der Waals surface area contributed by atoms with Crippen molar-refractivity contribution in [3.63, 3.8) is 0 Å². The summed E-state index contributed by atoms with van der Waals surface area (Å²) < 4.78 is 25.7. The van der Waals surface area contributed by atoms with E-state index in [0.717, 1.165) is 26.9 Å². The molecule has 0 spiro atoms. The minimum absolute atomic E-state index is 0.112. The average Bonchev–Trinajstić information content (AvgIpc) is 3.03. The molecule has 0 atom stereocenters. The smallest absolute Gasteiger partial charge is 0.308 e. The third-order valence-corrected chi connectivity index (χ3v) is 4.93. The summed E-state index contributed by atoms with van der Waals surface area (Å²) in [7, 11) is -1.19. The van der Waals surface area contributed by atoms with Crippen LogP contribution < -0.4 is 0 Å².